The van der Waals surface area contributed by atoms with Crippen molar-refractivity contribution in [1.82, 2.24) is 0 Å². The largest absolute Gasteiger partial charge is 0.235 e. The summed E-state index contributed by atoms with van der Waals surface area (Å²) in [6, 6.07) is 4.45. The zero-order valence-electron chi connectivity index (χ0n) is 10.3. The van der Waals surface area contributed by atoms with Crippen molar-refractivity contribution in [2.75, 3.05) is 0 Å². The molecule has 2 aliphatic carbocycles. The minimum absolute atomic E-state index is 0.267. The first kappa shape index (κ1) is 12.1. The average molecular weight is 306 g/mol. The number of aryl methyl sites for hydroxylation is 1. The van der Waals surface area contributed by atoms with Crippen LogP contribution in [0.3, 0.4) is 0 Å². The van der Waals surface area contributed by atoms with Gasteiger partial charge in [-0.2, -0.15) is 4.99 Å². The fraction of sp³-hybridized carbons (Fsp3) is 0.533. The van der Waals surface area contributed by atoms with Gasteiger partial charge in [0.1, 0.15) is 0 Å². The van der Waals surface area contributed by atoms with Gasteiger partial charge in [0.15, 0.2) is 0 Å². The third-order valence-corrected chi connectivity index (χ3v) is 5.10. The molecule has 3 rings (SSSR count). The number of hydrogen-bond donors (Lipinski definition) is 0. The lowest BCUT2D eigenvalue weighted by atomic mass is 9.71. The summed E-state index contributed by atoms with van der Waals surface area (Å²) in [7, 11) is 0. The number of benzene rings is 1. The van der Waals surface area contributed by atoms with Crippen LogP contribution in [0.1, 0.15) is 48.8 Å². The fourth-order valence-corrected chi connectivity index (χ4v) is 3.85. The number of fused-ring (bicyclic) bond motifs is 1. The number of nitrogens with zero attached hydrogens (tertiary/aromatic N) is 1. The molecule has 0 amide bonds. The standard InChI is InChI=1S/C15H16BrNO/c16-14-9-12(15(17-10-18)6-3-7-15)8-11-4-1-2-5-13(11)14/h8-9H,1-7H2. The molecular weight excluding hydrogens is 290 g/mol. The van der Waals surface area contributed by atoms with E-state index in [1.807, 2.05) is 0 Å². The predicted octanol–water partition coefficient (Wildman–Crippen LogP) is 4.04. The zero-order chi connectivity index (χ0) is 12.6. The number of rotatable bonds is 2. The number of aliphatic imine (C=N–C) groups is 1. The minimum Gasteiger partial charge on any atom is -0.211 e. The van der Waals surface area contributed by atoms with E-state index in [4.69, 9.17) is 0 Å². The van der Waals surface area contributed by atoms with Crippen LogP contribution >= 0.6 is 15.9 Å². The number of hydrogen-bond acceptors (Lipinski definition) is 2. The van der Waals surface area contributed by atoms with E-state index in [1.54, 1.807) is 6.08 Å². The lowest BCUT2D eigenvalue weighted by molar-refractivity contribution is 0.255. The van der Waals surface area contributed by atoms with Crippen molar-refractivity contribution in [2.24, 2.45) is 4.99 Å². The Labute approximate surface area is 116 Å². The Bertz CT molecular complexity index is 528. The molecule has 0 atom stereocenters. The van der Waals surface area contributed by atoms with Crippen molar-refractivity contribution in [1.29, 1.82) is 0 Å². The van der Waals surface area contributed by atoms with E-state index in [-0.39, 0.29) is 5.54 Å². The second kappa shape index (κ2) is 4.64. The molecule has 94 valence electrons. The third kappa shape index (κ3) is 1.86. The highest BCUT2D eigenvalue weighted by Gasteiger charge is 2.39. The Morgan fingerprint density at radius 2 is 1.94 bits per heavy atom. The van der Waals surface area contributed by atoms with Crippen molar-refractivity contribution < 1.29 is 4.79 Å². The summed E-state index contributed by atoms with van der Waals surface area (Å²) in [6.07, 6.45) is 9.75. The summed E-state index contributed by atoms with van der Waals surface area (Å²) in [5, 5.41) is 0. The Balaban J connectivity index is 2.07. The maximum Gasteiger partial charge on any atom is 0.235 e. The van der Waals surface area contributed by atoms with Gasteiger partial charge in [0.2, 0.25) is 6.08 Å². The van der Waals surface area contributed by atoms with Crippen molar-refractivity contribution >= 4 is 22.0 Å². The molecule has 0 bridgehead atoms. The van der Waals surface area contributed by atoms with Crippen LogP contribution in [0, 0.1) is 0 Å². The summed E-state index contributed by atoms with van der Waals surface area (Å²) in [4.78, 5) is 14.8. The van der Waals surface area contributed by atoms with Gasteiger partial charge in [-0.15, -0.1) is 0 Å². The van der Waals surface area contributed by atoms with Crippen LogP contribution in [0.4, 0.5) is 0 Å². The summed E-state index contributed by atoms with van der Waals surface area (Å²) >= 11 is 3.69. The van der Waals surface area contributed by atoms with Gasteiger partial charge in [0.25, 0.3) is 0 Å². The van der Waals surface area contributed by atoms with Gasteiger partial charge in [-0.25, -0.2) is 4.79 Å². The van der Waals surface area contributed by atoms with Crippen LogP contribution in [0.15, 0.2) is 21.6 Å². The molecule has 0 N–H and O–H groups in total. The highest BCUT2D eigenvalue weighted by molar-refractivity contribution is 9.10. The van der Waals surface area contributed by atoms with Gasteiger partial charge in [-0.1, -0.05) is 22.0 Å². The molecule has 1 aromatic carbocycles. The minimum atomic E-state index is -0.267. The maximum atomic E-state index is 10.7. The fourth-order valence-electron chi connectivity index (χ4n) is 3.15. The molecule has 0 heterocycles. The second-order valence-electron chi connectivity index (χ2n) is 5.39. The molecule has 18 heavy (non-hydrogen) atoms. The van der Waals surface area contributed by atoms with Crippen molar-refractivity contribution in [3.8, 4) is 0 Å². The summed E-state index contributed by atoms with van der Waals surface area (Å²) in [5.41, 5.74) is 3.83. The summed E-state index contributed by atoms with van der Waals surface area (Å²) in [6.45, 7) is 0. The van der Waals surface area contributed by atoms with Crippen LogP contribution in [0.25, 0.3) is 0 Å². The molecule has 0 unspecified atom stereocenters. The SMILES string of the molecule is O=C=NC1(c2cc(Br)c3c(c2)CCCC3)CCC1. The molecule has 0 aliphatic heterocycles. The van der Waals surface area contributed by atoms with Crippen LogP contribution in [-0.4, -0.2) is 6.08 Å². The quantitative estimate of drug-likeness (QED) is 0.599. The van der Waals surface area contributed by atoms with Gasteiger partial charge in [0, 0.05) is 4.47 Å². The summed E-state index contributed by atoms with van der Waals surface area (Å²) in [5.74, 6) is 0. The molecule has 0 spiro atoms. The van der Waals surface area contributed by atoms with E-state index < -0.39 is 0 Å². The zero-order valence-corrected chi connectivity index (χ0v) is 11.9. The van der Waals surface area contributed by atoms with E-state index in [2.05, 4.69) is 33.1 Å². The van der Waals surface area contributed by atoms with Crippen molar-refractivity contribution in [3.63, 3.8) is 0 Å². The van der Waals surface area contributed by atoms with Gasteiger partial charge >= 0.3 is 0 Å². The average Bonchev–Trinajstić information content (AvgIpc) is 2.34. The molecule has 3 heteroatoms. The molecule has 0 aromatic heterocycles. The third-order valence-electron chi connectivity index (χ3n) is 4.39. The highest BCUT2D eigenvalue weighted by atomic mass is 79.9. The normalized spacial score (nSPS) is 20.5. The van der Waals surface area contributed by atoms with E-state index in [0.717, 1.165) is 25.7 Å². The van der Waals surface area contributed by atoms with Crippen LogP contribution in [-0.2, 0) is 23.2 Å². The van der Waals surface area contributed by atoms with Gasteiger partial charge in [-0.3, -0.25) is 0 Å². The number of carbonyl (C=O) groups excluding carboxylic acids is 1. The van der Waals surface area contributed by atoms with E-state index in [1.165, 1.54) is 40.4 Å². The monoisotopic (exact) mass is 305 g/mol. The van der Waals surface area contributed by atoms with Gasteiger partial charge < -0.3 is 0 Å². The Hall–Kier alpha value is -0.920. The van der Waals surface area contributed by atoms with E-state index in [9.17, 15) is 4.79 Å². The molecule has 2 aliphatic rings. The molecule has 1 fully saturated rings. The Kier molecular flexibility index (Phi) is 3.13. The number of isocyanates is 1. The second-order valence-corrected chi connectivity index (χ2v) is 6.25. The first-order valence-electron chi connectivity index (χ1n) is 6.66. The Morgan fingerprint density at radius 1 is 1.17 bits per heavy atom. The molecule has 2 nitrogen and oxygen atoms in total. The molecule has 1 saturated carbocycles. The molecule has 0 saturated heterocycles. The van der Waals surface area contributed by atoms with Crippen LogP contribution in [0.5, 0.6) is 0 Å². The maximum absolute atomic E-state index is 10.7. The summed E-state index contributed by atoms with van der Waals surface area (Å²) < 4.78 is 1.20. The first-order valence-corrected chi connectivity index (χ1v) is 7.45. The number of halogens is 1. The molecular formula is C15H16BrNO. The van der Waals surface area contributed by atoms with Gasteiger partial charge in [-0.05, 0) is 67.7 Å². The Morgan fingerprint density at radius 3 is 2.61 bits per heavy atom. The van der Waals surface area contributed by atoms with Gasteiger partial charge in [0.05, 0.1) is 5.54 Å². The van der Waals surface area contributed by atoms with Crippen molar-refractivity contribution in [2.45, 2.75) is 50.5 Å². The first-order chi connectivity index (χ1) is 8.75. The van der Waals surface area contributed by atoms with Crippen molar-refractivity contribution in [3.05, 3.63) is 33.3 Å². The predicted molar refractivity (Wildman–Crippen MR) is 74.4 cm³/mol. The highest BCUT2D eigenvalue weighted by Crippen LogP contribution is 2.46. The topological polar surface area (TPSA) is 29.4 Å². The lowest BCUT2D eigenvalue weighted by Gasteiger charge is -2.38. The van der Waals surface area contributed by atoms with Crippen LogP contribution in [0.2, 0.25) is 0 Å². The van der Waals surface area contributed by atoms with Crippen LogP contribution < -0.4 is 0 Å². The van der Waals surface area contributed by atoms with E-state index in [0.29, 0.717) is 0 Å². The molecule has 0 radical (unpaired) electrons. The van der Waals surface area contributed by atoms with E-state index >= 15 is 0 Å². The smallest absolute Gasteiger partial charge is 0.211 e. The lowest BCUT2D eigenvalue weighted by Crippen LogP contribution is -2.32. The molecule has 1 aromatic rings.